The Balaban J connectivity index is 2.04. The molecule has 1 unspecified atom stereocenters. The monoisotopic (exact) mass is 355 g/mol. The second kappa shape index (κ2) is 7.49. The Morgan fingerprint density at radius 3 is 2.39 bits per heavy atom. The maximum atomic E-state index is 12.3. The van der Waals surface area contributed by atoms with E-state index in [9.17, 15) is 8.42 Å². The van der Waals surface area contributed by atoms with Crippen LogP contribution in [0.2, 0.25) is 5.02 Å². The number of rotatable bonds is 7. The third kappa shape index (κ3) is 5.07. The van der Waals surface area contributed by atoms with Gasteiger partial charge in [-0.25, -0.2) is 13.1 Å². The lowest BCUT2D eigenvalue weighted by atomic mass is 10.2. The third-order valence-corrected chi connectivity index (χ3v) is 5.29. The van der Waals surface area contributed by atoms with Crippen molar-refractivity contribution in [3.63, 3.8) is 0 Å². The van der Waals surface area contributed by atoms with E-state index >= 15 is 0 Å². The molecule has 5 nitrogen and oxygen atoms in total. The summed E-state index contributed by atoms with van der Waals surface area (Å²) in [6, 6.07) is 10.8. The van der Waals surface area contributed by atoms with Crippen molar-refractivity contribution in [2.24, 2.45) is 7.05 Å². The number of hydrogen-bond donors (Lipinski definition) is 1. The third-order valence-electron chi connectivity index (χ3n) is 3.72. The van der Waals surface area contributed by atoms with Gasteiger partial charge in [0, 0.05) is 30.5 Å². The molecule has 0 aliphatic heterocycles. The summed E-state index contributed by atoms with van der Waals surface area (Å²) in [5.74, 6) is -0.0581. The Bertz CT molecular complexity index is 739. The van der Waals surface area contributed by atoms with E-state index in [1.807, 2.05) is 48.9 Å². The fourth-order valence-corrected chi connectivity index (χ4v) is 3.70. The van der Waals surface area contributed by atoms with Gasteiger partial charge in [-0.3, -0.25) is 4.90 Å². The molecule has 1 atom stereocenters. The number of likely N-dealkylation sites (N-methyl/N-ethyl adjacent to an activating group) is 1. The van der Waals surface area contributed by atoms with Crippen molar-refractivity contribution in [3.05, 3.63) is 58.9 Å². The predicted octanol–water partition coefficient (Wildman–Crippen LogP) is 2.40. The standard InChI is InChI=1S/C16H22ClN3O2S/c1-19(2)16(15-5-4-10-20(15)3)11-18-23(21,22)12-13-6-8-14(17)9-7-13/h4-10,16,18H,11-12H2,1-3H3. The van der Waals surface area contributed by atoms with E-state index in [2.05, 4.69) is 4.72 Å². The average molecular weight is 356 g/mol. The van der Waals surface area contributed by atoms with Crippen LogP contribution >= 0.6 is 11.6 Å². The quantitative estimate of drug-likeness (QED) is 0.829. The lowest BCUT2D eigenvalue weighted by Gasteiger charge is -2.25. The number of nitrogens with one attached hydrogen (secondary N) is 1. The molecule has 0 saturated carbocycles. The molecule has 0 amide bonds. The minimum atomic E-state index is -3.41. The molecule has 1 heterocycles. The first-order chi connectivity index (χ1) is 10.8. The van der Waals surface area contributed by atoms with E-state index < -0.39 is 10.0 Å². The summed E-state index contributed by atoms with van der Waals surface area (Å²) >= 11 is 5.82. The van der Waals surface area contributed by atoms with Crippen LogP contribution in [-0.4, -0.2) is 38.5 Å². The van der Waals surface area contributed by atoms with Crippen LogP contribution in [0.1, 0.15) is 17.3 Å². The number of sulfonamides is 1. The van der Waals surface area contributed by atoms with Crippen LogP contribution in [0, 0.1) is 0 Å². The highest BCUT2D eigenvalue weighted by Crippen LogP contribution is 2.18. The number of nitrogens with zero attached hydrogens (tertiary/aromatic N) is 2. The lowest BCUT2D eigenvalue weighted by Crippen LogP contribution is -2.36. The molecular weight excluding hydrogens is 334 g/mol. The van der Waals surface area contributed by atoms with Gasteiger partial charge in [-0.2, -0.15) is 0 Å². The van der Waals surface area contributed by atoms with Crippen molar-refractivity contribution in [2.75, 3.05) is 20.6 Å². The van der Waals surface area contributed by atoms with Crippen molar-refractivity contribution >= 4 is 21.6 Å². The summed E-state index contributed by atoms with van der Waals surface area (Å²) in [6.07, 6.45) is 1.95. The molecule has 0 spiro atoms. The van der Waals surface area contributed by atoms with Crippen molar-refractivity contribution in [2.45, 2.75) is 11.8 Å². The van der Waals surface area contributed by atoms with Crippen LogP contribution in [0.25, 0.3) is 0 Å². The smallest absolute Gasteiger partial charge is 0.215 e. The first-order valence-electron chi connectivity index (χ1n) is 7.28. The average Bonchev–Trinajstić information content (AvgIpc) is 2.87. The molecule has 0 fully saturated rings. The first-order valence-corrected chi connectivity index (χ1v) is 9.31. The van der Waals surface area contributed by atoms with Gasteiger partial charge in [0.2, 0.25) is 10.0 Å². The van der Waals surface area contributed by atoms with Crippen molar-refractivity contribution < 1.29 is 8.42 Å². The fourth-order valence-electron chi connectivity index (χ4n) is 2.43. The molecule has 23 heavy (non-hydrogen) atoms. The molecule has 0 bridgehead atoms. The molecule has 0 aliphatic rings. The zero-order valence-corrected chi connectivity index (χ0v) is 15.1. The van der Waals surface area contributed by atoms with Crippen LogP contribution in [-0.2, 0) is 22.8 Å². The molecule has 126 valence electrons. The minimum Gasteiger partial charge on any atom is -0.353 e. The number of aryl methyl sites for hydroxylation is 1. The Kier molecular flexibility index (Phi) is 5.86. The Labute approximate surface area is 142 Å². The van der Waals surface area contributed by atoms with Gasteiger partial charge in [0.15, 0.2) is 0 Å². The fraction of sp³-hybridized carbons (Fsp3) is 0.375. The van der Waals surface area contributed by atoms with E-state index in [0.717, 1.165) is 5.69 Å². The zero-order chi connectivity index (χ0) is 17.0. The van der Waals surface area contributed by atoms with Crippen LogP contribution in [0.15, 0.2) is 42.6 Å². The molecular formula is C16H22ClN3O2S. The largest absolute Gasteiger partial charge is 0.353 e. The molecule has 0 aliphatic carbocycles. The highest BCUT2D eigenvalue weighted by Gasteiger charge is 2.20. The molecule has 1 aromatic carbocycles. The highest BCUT2D eigenvalue weighted by atomic mass is 35.5. The lowest BCUT2D eigenvalue weighted by molar-refractivity contribution is 0.289. The molecule has 2 rings (SSSR count). The van der Waals surface area contributed by atoms with E-state index in [-0.39, 0.29) is 11.8 Å². The van der Waals surface area contributed by atoms with Crippen molar-refractivity contribution in [1.82, 2.24) is 14.2 Å². The Morgan fingerprint density at radius 2 is 1.87 bits per heavy atom. The summed E-state index contributed by atoms with van der Waals surface area (Å²) in [5, 5.41) is 0.593. The second-order valence-electron chi connectivity index (χ2n) is 5.76. The van der Waals surface area contributed by atoms with Gasteiger partial charge in [0.25, 0.3) is 0 Å². The van der Waals surface area contributed by atoms with Crippen molar-refractivity contribution in [3.8, 4) is 0 Å². The van der Waals surface area contributed by atoms with Gasteiger partial charge in [0.1, 0.15) is 0 Å². The minimum absolute atomic E-state index is 0.0324. The number of halogens is 1. The Morgan fingerprint density at radius 1 is 1.22 bits per heavy atom. The second-order valence-corrected chi connectivity index (χ2v) is 8.00. The SMILES string of the molecule is CN(C)C(CNS(=O)(=O)Cc1ccc(Cl)cc1)c1cccn1C. The molecule has 7 heteroatoms. The van der Waals surface area contributed by atoms with Crippen LogP contribution in [0.4, 0.5) is 0 Å². The Hall–Kier alpha value is -1.34. The van der Waals surface area contributed by atoms with E-state index in [0.29, 0.717) is 17.1 Å². The summed E-state index contributed by atoms with van der Waals surface area (Å²) in [7, 11) is 2.41. The van der Waals surface area contributed by atoms with Gasteiger partial charge in [-0.1, -0.05) is 23.7 Å². The number of hydrogen-bond acceptors (Lipinski definition) is 3. The summed E-state index contributed by atoms with van der Waals surface area (Å²) in [5.41, 5.74) is 1.77. The molecule has 0 saturated heterocycles. The van der Waals surface area contributed by atoms with Crippen LogP contribution in [0.3, 0.4) is 0 Å². The summed E-state index contributed by atoms with van der Waals surface area (Å²) in [4.78, 5) is 2.00. The molecule has 1 N–H and O–H groups in total. The summed E-state index contributed by atoms with van der Waals surface area (Å²) < 4.78 is 29.3. The maximum absolute atomic E-state index is 12.3. The number of benzene rings is 1. The molecule has 2 aromatic rings. The van der Waals surface area contributed by atoms with E-state index in [1.54, 1.807) is 24.3 Å². The van der Waals surface area contributed by atoms with Crippen molar-refractivity contribution in [1.29, 1.82) is 0 Å². The topological polar surface area (TPSA) is 54.3 Å². The number of aromatic nitrogens is 1. The van der Waals surface area contributed by atoms with E-state index in [1.165, 1.54) is 0 Å². The van der Waals surface area contributed by atoms with Gasteiger partial charge >= 0.3 is 0 Å². The highest BCUT2D eigenvalue weighted by molar-refractivity contribution is 7.88. The maximum Gasteiger partial charge on any atom is 0.215 e. The normalized spacial score (nSPS) is 13.4. The van der Waals surface area contributed by atoms with Gasteiger partial charge in [-0.05, 0) is 43.9 Å². The van der Waals surface area contributed by atoms with Gasteiger partial charge in [0.05, 0.1) is 11.8 Å². The predicted molar refractivity (Wildman–Crippen MR) is 93.9 cm³/mol. The van der Waals surface area contributed by atoms with Crippen LogP contribution in [0.5, 0.6) is 0 Å². The zero-order valence-electron chi connectivity index (χ0n) is 13.5. The molecule has 1 aromatic heterocycles. The van der Waals surface area contributed by atoms with Crippen LogP contribution < -0.4 is 4.72 Å². The van der Waals surface area contributed by atoms with Gasteiger partial charge in [-0.15, -0.1) is 0 Å². The van der Waals surface area contributed by atoms with Gasteiger partial charge < -0.3 is 4.57 Å². The molecule has 0 radical (unpaired) electrons. The first kappa shape index (κ1) is 18.0. The van der Waals surface area contributed by atoms with E-state index in [4.69, 9.17) is 11.6 Å². The summed E-state index contributed by atoms with van der Waals surface area (Å²) in [6.45, 7) is 0.320.